The van der Waals surface area contributed by atoms with Crippen LogP contribution in [0.15, 0.2) is 0 Å². The molecule has 1 aromatic heterocycles. The zero-order chi connectivity index (χ0) is 7.40. The summed E-state index contributed by atoms with van der Waals surface area (Å²) in [5.41, 5.74) is 0. The highest BCUT2D eigenvalue weighted by Gasteiger charge is 1.98. The van der Waals surface area contributed by atoms with Gasteiger partial charge in [-0.1, -0.05) is 0 Å². The average Bonchev–Trinajstić information content (AvgIpc) is 2.34. The Morgan fingerprint density at radius 1 is 1.70 bits per heavy atom. The van der Waals surface area contributed by atoms with E-state index in [2.05, 4.69) is 21.7 Å². The number of rotatable bonds is 3. The number of hydrogen-bond donors (Lipinski definition) is 1. The normalized spacial score (nSPS) is 9.60. The molecule has 1 N–H and O–H groups in total. The number of carbonyl (C=O) groups is 1. The third kappa shape index (κ3) is 1.81. The quantitative estimate of drug-likeness (QED) is 0.580. The highest BCUT2D eigenvalue weighted by Crippen LogP contribution is 1.82. The van der Waals surface area contributed by atoms with Crippen LogP contribution in [-0.4, -0.2) is 31.3 Å². The van der Waals surface area contributed by atoms with Crippen molar-refractivity contribution in [3.63, 3.8) is 0 Å². The minimum absolute atomic E-state index is 0.00417. The second kappa shape index (κ2) is 2.90. The summed E-state index contributed by atoms with van der Waals surface area (Å²) in [4.78, 5) is 11.2. The lowest BCUT2D eigenvalue weighted by atomic mass is 10.4. The Morgan fingerprint density at radius 3 is 3.00 bits per heavy atom. The summed E-state index contributed by atoms with van der Waals surface area (Å²) in [6, 6.07) is 0. The smallest absolute Gasteiger partial charge is 0.305 e. The van der Waals surface area contributed by atoms with E-state index in [0.29, 0.717) is 0 Å². The molecule has 1 radical (unpaired) electrons. The van der Waals surface area contributed by atoms with E-state index in [1.54, 1.807) is 0 Å². The predicted octanol–water partition coefficient (Wildman–Crippen LogP) is -1.05. The van der Waals surface area contributed by atoms with Gasteiger partial charge in [-0.05, 0) is 5.21 Å². The van der Waals surface area contributed by atoms with Gasteiger partial charge in [0.2, 0.25) is 6.33 Å². The van der Waals surface area contributed by atoms with Crippen LogP contribution in [0.2, 0.25) is 0 Å². The number of aryl methyl sites for hydroxylation is 1. The zero-order valence-electron chi connectivity index (χ0n) is 5.06. The molecular formula is C4H5N4O2. The first-order valence-corrected chi connectivity index (χ1v) is 2.64. The van der Waals surface area contributed by atoms with Crippen LogP contribution in [0, 0.1) is 6.33 Å². The molecule has 0 saturated carbocycles. The molecule has 6 heteroatoms. The Balaban J connectivity index is 2.35. The molecule has 0 spiro atoms. The summed E-state index contributed by atoms with van der Waals surface area (Å²) < 4.78 is 0. The van der Waals surface area contributed by atoms with Crippen molar-refractivity contribution >= 4 is 5.97 Å². The third-order valence-electron chi connectivity index (χ3n) is 0.879. The van der Waals surface area contributed by atoms with Crippen LogP contribution in [-0.2, 0) is 11.3 Å². The van der Waals surface area contributed by atoms with Crippen LogP contribution in [0.25, 0.3) is 0 Å². The largest absolute Gasteiger partial charge is 0.481 e. The molecule has 10 heavy (non-hydrogen) atoms. The fraction of sp³-hybridized carbons (Fsp3) is 0.500. The average molecular weight is 141 g/mol. The summed E-state index contributed by atoms with van der Waals surface area (Å²) in [6.45, 7) is 0.242. The molecule has 1 rings (SSSR count). The first-order chi connectivity index (χ1) is 4.79. The second-order valence-corrected chi connectivity index (χ2v) is 1.63. The molecule has 0 aliphatic carbocycles. The molecule has 0 aliphatic heterocycles. The van der Waals surface area contributed by atoms with Gasteiger partial charge in [-0.25, -0.2) is 0 Å². The summed E-state index contributed by atoms with van der Waals surface area (Å²) in [7, 11) is 0. The molecule has 0 bridgehead atoms. The molecule has 0 fully saturated rings. The van der Waals surface area contributed by atoms with E-state index in [0.717, 1.165) is 0 Å². The van der Waals surface area contributed by atoms with Gasteiger partial charge in [0.15, 0.2) is 0 Å². The van der Waals surface area contributed by atoms with Crippen LogP contribution in [0.4, 0.5) is 0 Å². The van der Waals surface area contributed by atoms with Gasteiger partial charge in [-0.2, -0.15) is 4.80 Å². The van der Waals surface area contributed by atoms with Crippen LogP contribution >= 0.6 is 0 Å². The molecule has 6 nitrogen and oxygen atoms in total. The van der Waals surface area contributed by atoms with Gasteiger partial charge in [-0.3, -0.25) is 4.79 Å². The number of hydrogen-bond acceptors (Lipinski definition) is 4. The number of tetrazole rings is 1. The van der Waals surface area contributed by atoms with E-state index in [-0.39, 0.29) is 13.0 Å². The van der Waals surface area contributed by atoms with Gasteiger partial charge in [0.05, 0.1) is 13.0 Å². The van der Waals surface area contributed by atoms with Crippen molar-refractivity contribution in [1.82, 2.24) is 20.2 Å². The standard InChI is InChI=1S/C4H5N4O2/c9-4(10)1-2-8-6-3-5-7-8/h1-2H2,(H,9,10). The fourth-order valence-electron chi connectivity index (χ4n) is 0.454. The van der Waals surface area contributed by atoms with E-state index in [1.165, 1.54) is 4.80 Å². The maximum absolute atomic E-state index is 9.99. The summed E-state index contributed by atoms with van der Waals surface area (Å²) >= 11 is 0. The van der Waals surface area contributed by atoms with E-state index in [4.69, 9.17) is 5.11 Å². The van der Waals surface area contributed by atoms with E-state index < -0.39 is 5.97 Å². The maximum Gasteiger partial charge on any atom is 0.305 e. The second-order valence-electron chi connectivity index (χ2n) is 1.63. The molecule has 1 aromatic rings. The Labute approximate surface area is 56.5 Å². The van der Waals surface area contributed by atoms with Crippen molar-refractivity contribution in [1.29, 1.82) is 0 Å². The molecule has 1 heterocycles. The van der Waals surface area contributed by atoms with Crippen LogP contribution in [0.3, 0.4) is 0 Å². The maximum atomic E-state index is 9.99. The molecule has 0 aromatic carbocycles. The van der Waals surface area contributed by atoms with E-state index in [1.807, 2.05) is 0 Å². The highest BCUT2D eigenvalue weighted by atomic mass is 16.4. The van der Waals surface area contributed by atoms with Gasteiger partial charge in [0, 0.05) is 0 Å². The van der Waals surface area contributed by atoms with Gasteiger partial charge in [0.25, 0.3) is 0 Å². The van der Waals surface area contributed by atoms with Gasteiger partial charge in [-0.15, -0.1) is 10.2 Å². The minimum Gasteiger partial charge on any atom is -0.481 e. The Kier molecular flexibility index (Phi) is 1.93. The molecular weight excluding hydrogens is 136 g/mol. The Hall–Kier alpha value is -1.46. The van der Waals surface area contributed by atoms with Crippen molar-refractivity contribution in [3.05, 3.63) is 6.33 Å². The van der Waals surface area contributed by atoms with Crippen molar-refractivity contribution in [3.8, 4) is 0 Å². The lowest BCUT2D eigenvalue weighted by Crippen LogP contribution is -2.07. The Morgan fingerprint density at radius 2 is 2.50 bits per heavy atom. The summed E-state index contributed by atoms with van der Waals surface area (Å²) in [6.07, 6.45) is 2.22. The number of carboxylic acids is 1. The van der Waals surface area contributed by atoms with Gasteiger partial charge < -0.3 is 5.11 Å². The first-order valence-electron chi connectivity index (χ1n) is 2.64. The molecule has 0 amide bonds. The molecule has 0 atom stereocenters. The number of aliphatic carboxylic acids is 1. The monoisotopic (exact) mass is 141 g/mol. The van der Waals surface area contributed by atoms with Crippen molar-refractivity contribution in [2.45, 2.75) is 13.0 Å². The minimum atomic E-state index is -0.878. The predicted molar refractivity (Wildman–Crippen MR) is 28.9 cm³/mol. The van der Waals surface area contributed by atoms with E-state index in [9.17, 15) is 4.79 Å². The molecule has 0 saturated heterocycles. The topological polar surface area (TPSA) is 80.9 Å². The SMILES string of the molecule is O=C(O)CCn1n[c]nn1. The van der Waals surface area contributed by atoms with Crippen molar-refractivity contribution in [2.24, 2.45) is 0 Å². The first kappa shape index (κ1) is 6.66. The zero-order valence-corrected chi connectivity index (χ0v) is 5.06. The van der Waals surface area contributed by atoms with E-state index >= 15 is 0 Å². The molecule has 0 unspecified atom stereocenters. The van der Waals surface area contributed by atoms with Crippen molar-refractivity contribution < 1.29 is 9.90 Å². The fourth-order valence-corrected chi connectivity index (χ4v) is 0.454. The number of nitrogens with zero attached hydrogens (tertiary/aromatic N) is 4. The highest BCUT2D eigenvalue weighted by molar-refractivity contribution is 5.66. The van der Waals surface area contributed by atoms with Crippen molar-refractivity contribution in [2.75, 3.05) is 0 Å². The number of carboxylic acid groups (broad SMARTS) is 1. The molecule has 0 aliphatic rings. The summed E-state index contributed by atoms with van der Waals surface area (Å²) in [5, 5.41) is 18.4. The third-order valence-corrected chi connectivity index (χ3v) is 0.879. The lowest BCUT2D eigenvalue weighted by Gasteiger charge is -1.91. The lowest BCUT2D eigenvalue weighted by molar-refractivity contribution is -0.137. The Bertz CT molecular complexity index is 207. The molecule has 53 valence electrons. The van der Waals surface area contributed by atoms with Gasteiger partial charge >= 0.3 is 5.97 Å². The van der Waals surface area contributed by atoms with Crippen LogP contribution < -0.4 is 0 Å². The van der Waals surface area contributed by atoms with Crippen LogP contribution in [0.5, 0.6) is 0 Å². The number of aromatic nitrogens is 4. The van der Waals surface area contributed by atoms with Gasteiger partial charge in [0.1, 0.15) is 0 Å². The van der Waals surface area contributed by atoms with Crippen LogP contribution in [0.1, 0.15) is 6.42 Å². The summed E-state index contributed by atoms with van der Waals surface area (Å²) in [5.74, 6) is -0.878.